The van der Waals surface area contributed by atoms with Gasteiger partial charge in [0, 0.05) is 37.1 Å². The normalized spacial score (nSPS) is 15.0. The Labute approximate surface area is 205 Å². The molecule has 1 aliphatic carbocycles. The molecule has 10 heteroatoms. The number of ketones is 1. The first-order chi connectivity index (χ1) is 17.1. The number of furan rings is 1. The second-order valence-electron chi connectivity index (χ2n) is 8.01. The molecule has 35 heavy (non-hydrogen) atoms. The highest BCUT2D eigenvalue weighted by Gasteiger charge is 2.29. The highest BCUT2D eigenvalue weighted by Crippen LogP contribution is 2.32. The predicted molar refractivity (Wildman–Crippen MR) is 131 cm³/mol. The molecule has 0 aliphatic heterocycles. The molecule has 0 saturated carbocycles. The number of Topliss-reactive ketones (excluding diaryl/α,β-unsaturated/α-hetero) is 1. The maximum absolute atomic E-state index is 12.6. The Kier molecular flexibility index (Phi) is 6.53. The van der Waals surface area contributed by atoms with Crippen LogP contribution in [0.2, 0.25) is 0 Å². The van der Waals surface area contributed by atoms with E-state index in [1.807, 2.05) is 41.0 Å². The van der Waals surface area contributed by atoms with Gasteiger partial charge in [-0.2, -0.15) is 0 Å². The number of hydrogen-bond acceptors (Lipinski definition) is 8. The summed E-state index contributed by atoms with van der Waals surface area (Å²) in [5, 5.41) is 11.9. The van der Waals surface area contributed by atoms with Crippen LogP contribution in [-0.4, -0.2) is 42.2 Å². The number of thioether (sulfide) groups is 1. The summed E-state index contributed by atoms with van der Waals surface area (Å²) < 4.78 is 7.39. The molecule has 0 spiro atoms. The van der Waals surface area contributed by atoms with Gasteiger partial charge < -0.3 is 4.42 Å². The summed E-state index contributed by atoms with van der Waals surface area (Å²) in [6.07, 6.45) is 5.73. The quantitative estimate of drug-likeness (QED) is 0.292. The Morgan fingerprint density at radius 1 is 1.20 bits per heavy atom. The molecule has 3 aromatic heterocycles. The van der Waals surface area contributed by atoms with Crippen molar-refractivity contribution < 1.29 is 14.0 Å². The van der Waals surface area contributed by atoms with E-state index in [0.29, 0.717) is 41.6 Å². The number of aromatic nitrogens is 5. The summed E-state index contributed by atoms with van der Waals surface area (Å²) in [6.45, 7) is 4.33. The highest BCUT2D eigenvalue weighted by atomic mass is 32.2. The molecule has 0 bridgehead atoms. The van der Waals surface area contributed by atoms with Gasteiger partial charge in [0.25, 0.3) is 0 Å². The molecule has 176 valence electrons. The SMILES string of the molecule is C=CCn1c(SCC(=O)Nc2ncc3c(n2)CC(c2ccco2)CC3=O)nnc1-c1ccccc1. The van der Waals surface area contributed by atoms with Crippen LogP contribution in [0.1, 0.15) is 34.2 Å². The van der Waals surface area contributed by atoms with Gasteiger partial charge in [-0.1, -0.05) is 48.2 Å². The lowest BCUT2D eigenvalue weighted by Crippen LogP contribution is -2.22. The van der Waals surface area contributed by atoms with E-state index in [4.69, 9.17) is 4.42 Å². The van der Waals surface area contributed by atoms with Crippen molar-refractivity contribution in [2.45, 2.75) is 30.5 Å². The number of allylic oxidation sites excluding steroid dienone is 1. The van der Waals surface area contributed by atoms with Crippen molar-refractivity contribution in [3.05, 3.63) is 84.6 Å². The van der Waals surface area contributed by atoms with Crippen LogP contribution in [0.15, 0.2) is 77.2 Å². The van der Waals surface area contributed by atoms with Crippen molar-refractivity contribution in [1.82, 2.24) is 24.7 Å². The Morgan fingerprint density at radius 2 is 2.06 bits per heavy atom. The van der Waals surface area contributed by atoms with Crippen LogP contribution in [0.4, 0.5) is 5.95 Å². The van der Waals surface area contributed by atoms with Crippen molar-refractivity contribution in [3.63, 3.8) is 0 Å². The zero-order chi connectivity index (χ0) is 24.2. The molecular formula is C25H22N6O3S. The summed E-state index contributed by atoms with van der Waals surface area (Å²) >= 11 is 1.27. The van der Waals surface area contributed by atoms with Gasteiger partial charge >= 0.3 is 0 Å². The van der Waals surface area contributed by atoms with E-state index in [0.717, 1.165) is 11.3 Å². The minimum atomic E-state index is -0.283. The molecule has 4 aromatic rings. The molecule has 9 nitrogen and oxygen atoms in total. The van der Waals surface area contributed by atoms with E-state index in [2.05, 4.69) is 32.1 Å². The largest absolute Gasteiger partial charge is 0.469 e. The third-order valence-corrected chi connectivity index (χ3v) is 6.60. The molecule has 1 amide bonds. The average molecular weight is 487 g/mol. The summed E-state index contributed by atoms with van der Waals surface area (Å²) in [7, 11) is 0. The fraction of sp³-hybridized carbons (Fsp3) is 0.200. The number of hydrogen-bond donors (Lipinski definition) is 1. The number of rotatable bonds is 8. The number of carbonyl (C=O) groups is 2. The van der Waals surface area contributed by atoms with Crippen LogP contribution in [0.3, 0.4) is 0 Å². The zero-order valence-corrected chi connectivity index (χ0v) is 19.6. The van der Waals surface area contributed by atoms with Crippen molar-refractivity contribution in [2.75, 3.05) is 11.1 Å². The Balaban J connectivity index is 1.26. The topological polar surface area (TPSA) is 116 Å². The van der Waals surface area contributed by atoms with Crippen molar-refractivity contribution >= 4 is 29.4 Å². The van der Waals surface area contributed by atoms with Crippen molar-refractivity contribution in [1.29, 1.82) is 0 Å². The Morgan fingerprint density at radius 3 is 2.83 bits per heavy atom. The molecule has 1 aliphatic rings. The molecule has 1 aromatic carbocycles. The lowest BCUT2D eigenvalue weighted by Gasteiger charge is -2.21. The fourth-order valence-corrected chi connectivity index (χ4v) is 4.76. The molecule has 1 N–H and O–H groups in total. The van der Waals surface area contributed by atoms with Gasteiger partial charge in [0.05, 0.1) is 23.3 Å². The van der Waals surface area contributed by atoms with Crippen LogP contribution in [0.5, 0.6) is 0 Å². The van der Waals surface area contributed by atoms with E-state index in [1.165, 1.54) is 18.0 Å². The molecule has 0 radical (unpaired) electrons. The maximum Gasteiger partial charge on any atom is 0.237 e. The molecule has 0 fully saturated rings. The first-order valence-corrected chi connectivity index (χ1v) is 12.1. The van der Waals surface area contributed by atoms with E-state index in [9.17, 15) is 9.59 Å². The van der Waals surface area contributed by atoms with E-state index in [-0.39, 0.29) is 29.3 Å². The number of amides is 1. The third-order valence-electron chi connectivity index (χ3n) is 5.63. The van der Waals surface area contributed by atoms with E-state index in [1.54, 1.807) is 18.4 Å². The molecular weight excluding hydrogens is 464 g/mol. The van der Waals surface area contributed by atoms with E-state index >= 15 is 0 Å². The highest BCUT2D eigenvalue weighted by molar-refractivity contribution is 7.99. The third kappa shape index (κ3) is 4.92. The summed E-state index contributed by atoms with van der Waals surface area (Å²) in [6, 6.07) is 13.4. The minimum absolute atomic E-state index is 0.0307. The number of carbonyl (C=O) groups excluding carboxylic acids is 2. The second-order valence-corrected chi connectivity index (χ2v) is 8.95. The summed E-state index contributed by atoms with van der Waals surface area (Å²) in [5.74, 6) is 1.34. The fourth-order valence-electron chi connectivity index (χ4n) is 4.01. The summed E-state index contributed by atoms with van der Waals surface area (Å²) in [5.41, 5.74) is 2.04. The van der Waals surface area contributed by atoms with Crippen LogP contribution in [-0.2, 0) is 17.8 Å². The van der Waals surface area contributed by atoms with Crippen LogP contribution < -0.4 is 5.32 Å². The molecule has 1 unspecified atom stereocenters. The van der Waals surface area contributed by atoms with Crippen LogP contribution in [0.25, 0.3) is 11.4 Å². The maximum atomic E-state index is 12.6. The Hall–Kier alpha value is -4.05. The molecule has 0 saturated heterocycles. The van der Waals surface area contributed by atoms with Gasteiger partial charge in [-0.15, -0.1) is 16.8 Å². The monoisotopic (exact) mass is 486 g/mol. The lowest BCUT2D eigenvalue weighted by molar-refractivity contribution is -0.113. The Bertz CT molecular complexity index is 1370. The minimum Gasteiger partial charge on any atom is -0.469 e. The van der Waals surface area contributed by atoms with Crippen molar-refractivity contribution in [3.8, 4) is 11.4 Å². The van der Waals surface area contributed by atoms with Crippen molar-refractivity contribution in [2.24, 2.45) is 0 Å². The number of nitrogens with one attached hydrogen (secondary N) is 1. The first kappa shape index (κ1) is 22.7. The summed E-state index contributed by atoms with van der Waals surface area (Å²) in [4.78, 5) is 33.8. The van der Waals surface area contributed by atoms with Gasteiger partial charge in [-0.05, 0) is 12.1 Å². The zero-order valence-electron chi connectivity index (χ0n) is 18.8. The average Bonchev–Trinajstić information content (AvgIpc) is 3.54. The lowest BCUT2D eigenvalue weighted by atomic mass is 9.85. The van der Waals surface area contributed by atoms with Gasteiger partial charge in [0.2, 0.25) is 11.9 Å². The van der Waals surface area contributed by atoms with Crippen LogP contribution >= 0.6 is 11.8 Å². The number of anilines is 1. The standard InChI is InChI=1S/C25H22N6O3S/c1-2-10-31-23(16-7-4-3-5-8-16)29-30-25(31)35-15-22(33)28-24-26-14-18-19(27-24)12-17(13-20(18)32)21-9-6-11-34-21/h2-9,11,14,17H,1,10,12-13,15H2,(H,26,27,28,33). The number of benzene rings is 1. The van der Waals surface area contributed by atoms with Gasteiger partial charge in [0.15, 0.2) is 16.8 Å². The second kappa shape index (κ2) is 10.1. The molecule has 3 heterocycles. The predicted octanol–water partition coefficient (Wildman–Crippen LogP) is 4.16. The number of fused-ring (bicyclic) bond motifs is 1. The van der Waals surface area contributed by atoms with E-state index < -0.39 is 0 Å². The first-order valence-electron chi connectivity index (χ1n) is 11.1. The van der Waals surface area contributed by atoms with Crippen LogP contribution in [0, 0.1) is 0 Å². The molecule has 1 atom stereocenters. The van der Waals surface area contributed by atoms with Gasteiger partial charge in [-0.25, -0.2) is 9.97 Å². The number of nitrogens with zero attached hydrogens (tertiary/aromatic N) is 5. The smallest absolute Gasteiger partial charge is 0.237 e. The van der Waals surface area contributed by atoms with Gasteiger partial charge in [0.1, 0.15) is 5.76 Å². The molecule has 5 rings (SSSR count). The van der Waals surface area contributed by atoms with Gasteiger partial charge in [-0.3, -0.25) is 19.5 Å².